The summed E-state index contributed by atoms with van der Waals surface area (Å²) in [4.78, 5) is 7.62. The standard InChI is InChI=1S/C22H14F6N6O2/c1-10-19(11(2)35-32-10)20-30-17-7-29-34(9-18(17)31-20)8-13-6-16(33-36-13)14-4-3-12(21(23,24)25)5-15(14)22(26,27)28/h3-7,9H,8H2,1-2H3/p+1. The third-order valence-electron chi connectivity index (χ3n) is 5.44. The van der Waals surface area contributed by atoms with Crippen LogP contribution in [0.1, 0.15) is 28.3 Å². The number of imidazole rings is 1. The minimum atomic E-state index is -5.03. The number of aryl methyl sites for hydroxylation is 2. The molecule has 186 valence electrons. The summed E-state index contributed by atoms with van der Waals surface area (Å²) in [5.74, 6) is 1.26. The van der Waals surface area contributed by atoms with Crippen molar-refractivity contribution in [2.45, 2.75) is 32.7 Å². The van der Waals surface area contributed by atoms with Gasteiger partial charge >= 0.3 is 12.4 Å². The maximum atomic E-state index is 13.5. The summed E-state index contributed by atoms with van der Waals surface area (Å²) >= 11 is 0. The van der Waals surface area contributed by atoms with Gasteiger partial charge in [0.25, 0.3) is 0 Å². The zero-order valence-corrected chi connectivity index (χ0v) is 18.5. The number of H-pyrrole nitrogens is 1. The monoisotopic (exact) mass is 509 g/mol. The zero-order chi connectivity index (χ0) is 25.8. The Labute approximate surface area is 197 Å². The van der Waals surface area contributed by atoms with Crippen molar-refractivity contribution < 1.29 is 40.1 Å². The summed E-state index contributed by atoms with van der Waals surface area (Å²) in [5.41, 5.74) is -1.12. The Balaban J connectivity index is 1.44. The van der Waals surface area contributed by atoms with E-state index in [0.29, 0.717) is 34.4 Å². The first-order chi connectivity index (χ1) is 16.9. The number of benzene rings is 1. The summed E-state index contributed by atoms with van der Waals surface area (Å²) in [6, 6.07) is 2.57. The maximum absolute atomic E-state index is 13.5. The van der Waals surface area contributed by atoms with E-state index in [0.717, 1.165) is 11.6 Å². The lowest BCUT2D eigenvalue weighted by Gasteiger charge is -2.14. The van der Waals surface area contributed by atoms with Gasteiger partial charge in [-0.15, -0.1) is 0 Å². The van der Waals surface area contributed by atoms with Crippen LogP contribution >= 0.6 is 0 Å². The van der Waals surface area contributed by atoms with Gasteiger partial charge in [-0.05, 0) is 31.1 Å². The van der Waals surface area contributed by atoms with Crippen LogP contribution in [-0.2, 0) is 18.9 Å². The smallest absolute Gasteiger partial charge is 0.361 e. The quantitative estimate of drug-likeness (QED) is 0.262. The number of aromatic amines is 1. The zero-order valence-electron chi connectivity index (χ0n) is 18.5. The molecule has 0 unspecified atom stereocenters. The van der Waals surface area contributed by atoms with E-state index in [4.69, 9.17) is 9.05 Å². The van der Waals surface area contributed by atoms with E-state index in [1.165, 1.54) is 16.9 Å². The second kappa shape index (κ2) is 8.17. The van der Waals surface area contributed by atoms with Crippen molar-refractivity contribution in [2.24, 2.45) is 0 Å². The predicted octanol–water partition coefficient (Wildman–Crippen LogP) is 5.26. The van der Waals surface area contributed by atoms with Gasteiger partial charge in [-0.3, -0.25) is 0 Å². The van der Waals surface area contributed by atoms with E-state index >= 15 is 0 Å². The topological polar surface area (TPSA) is 97.5 Å². The largest absolute Gasteiger partial charge is 0.417 e. The van der Waals surface area contributed by atoms with Crippen LogP contribution < -0.4 is 4.68 Å². The third kappa shape index (κ3) is 4.29. The van der Waals surface area contributed by atoms with Crippen LogP contribution in [0.3, 0.4) is 0 Å². The Kier molecular flexibility index (Phi) is 5.34. The molecule has 0 aliphatic heterocycles. The molecule has 0 aliphatic carbocycles. The van der Waals surface area contributed by atoms with Gasteiger partial charge in [0.15, 0.2) is 0 Å². The van der Waals surface area contributed by atoms with Crippen LogP contribution in [0, 0.1) is 13.8 Å². The first kappa shape index (κ1) is 23.5. The van der Waals surface area contributed by atoms with Gasteiger partial charge in [0.05, 0.1) is 22.4 Å². The molecule has 0 saturated carbocycles. The van der Waals surface area contributed by atoms with Crippen molar-refractivity contribution in [1.82, 2.24) is 25.4 Å². The van der Waals surface area contributed by atoms with Gasteiger partial charge in [-0.25, -0.2) is 4.98 Å². The van der Waals surface area contributed by atoms with Crippen LogP contribution in [0.15, 0.2) is 45.7 Å². The molecular weight excluding hydrogens is 494 g/mol. The minimum absolute atomic E-state index is 0.00932. The molecule has 4 heterocycles. The number of alkyl halides is 6. The van der Waals surface area contributed by atoms with E-state index in [1.54, 1.807) is 20.0 Å². The molecule has 0 fully saturated rings. The highest BCUT2D eigenvalue weighted by molar-refractivity contribution is 5.78. The van der Waals surface area contributed by atoms with E-state index in [9.17, 15) is 26.3 Å². The van der Waals surface area contributed by atoms with E-state index < -0.39 is 29.0 Å². The van der Waals surface area contributed by atoms with Gasteiger partial charge in [0, 0.05) is 11.6 Å². The van der Waals surface area contributed by atoms with Gasteiger partial charge in [-0.1, -0.05) is 21.1 Å². The van der Waals surface area contributed by atoms with Crippen molar-refractivity contribution >= 4 is 11.0 Å². The second-order valence-electron chi connectivity index (χ2n) is 7.99. The minimum Gasteiger partial charge on any atom is -0.361 e. The maximum Gasteiger partial charge on any atom is 0.417 e. The van der Waals surface area contributed by atoms with E-state index in [2.05, 4.69) is 25.4 Å². The molecule has 4 aromatic heterocycles. The number of aromatic nitrogens is 6. The average molecular weight is 509 g/mol. The number of hydrogen-bond acceptors (Lipinski definition) is 6. The lowest BCUT2D eigenvalue weighted by Crippen LogP contribution is -2.37. The van der Waals surface area contributed by atoms with Crippen LogP contribution in [0.4, 0.5) is 26.3 Å². The molecule has 1 aromatic carbocycles. The normalized spacial score (nSPS) is 12.6. The molecule has 36 heavy (non-hydrogen) atoms. The summed E-state index contributed by atoms with van der Waals surface area (Å²) in [5, 5.41) is 11.8. The first-order valence-electron chi connectivity index (χ1n) is 10.3. The van der Waals surface area contributed by atoms with Crippen LogP contribution in [-0.4, -0.2) is 25.4 Å². The lowest BCUT2D eigenvalue weighted by molar-refractivity contribution is -0.746. The van der Waals surface area contributed by atoms with E-state index in [-0.39, 0.29) is 24.1 Å². The molecule has 0 radical (unpaired) electrons. The Morgan fingerprint density at radius 3 is 2.42 bits per heavy atom. The van der Waals surface area contributed by atoms with Crippen LogP contribution in [0.2, 0.25) is 0 Å². The van der Waals surface area contributed by atoms with Gasteiger partial charge in [0.2, 0.25) is 18.5 Å². The molecule has 5 rings (SSSR count). The molecule has 0 spiro atoms. The Hall–Kier alpha value is -4.23. The summed E-state index contributed by atoms with van der Waals surface area (Å²) in [7, 11) is 0. The van der Waals surface area contributed by atoms with Gasteiger partial charge in [0.1, 0.15) is 34.5 Å². The summed E-state index contributed by atoms with van der Waals surface area (Å²) in [6.45, 7) is 3.52. The number of hydrogen-bond donors (Lipinski definition) is 1. The number of halogens is 6. The predicted molar refractivity (Wildman–Crippen MR) is 110 cm³/mol. The molecule has 8 nitrogen and oxygen atoms in total. The highest BCUT2D eigenvalue weighted by Gasteiger charge is 2.39. The number of nitrogens with one attached hydrogen (secondary N) is 1. The van der Waals surface area contributed by atoms with Gasteiger partial charge in [-0.2, -0.15) is 26.3 Å². The Morgan fingerprint density at radius 2 is 1.75 bits per heavy atom. The number of rotatable bonds is 4. The molecule has 0 saturated heterocycles. The average Bonchev–Trinajstić information content (AvgIpc) is 3.50. The highest BCUT2D eigenvalue weighted by atomic mass is 19.4. The van der Waals surface area contributed by atoms with Crippen molar-refractivity contribution in [3.63, 3.8) is 0 Å². The first-order valence-corrected chi connectivity index (χ1v) is 10.3. The fraction of sp³-hybridized carbons (Fsp3) is 0.227. The Bertz CT molecular complexity index is 1560. The molecule has 0 aliphatic rings. The molecular formula is C22H15F6N6O2+. The van der Waals surface area contributed by atoms with Crippen LogP contribution in [0.5, 0.6) is 0 Å². The molecule has 0 bridgehead atoms. The molecule has 0 amide bonds. The third-order valence-corrected chi connectivity index (χ3v) is 5.44. The lowest BCUT2D eigenvalue weighted by atomic mass is 10.0. The SMILES string of the molecule is Cc1noc(C)c1-c1nc2cn[n+](Cc3cc(-c4ccc(C(F)(F)F)cc4C(F)(F)F)no3)cc2[nH]1. The fourth-order valence-corrected chi connectivity index (χ4v) is 3.79. The van der Waals surface area contributed by atoms with Crippen molar-refractivity contribution in [3.8, 4) is 22.6 Å². The molecule has 14 heteroatoms. The Morgan fingerprint density at radius 1 is 0.972 bits per heavy atom. The number of nitrogens with zero attached hydrogens (tertiary/aromatic N) is 5. The van der Waals surface area contributed by atoms with Gasteiger partial charge < -0.3 is 14.0 Å². The fourth-order valence-electron chi connectivity index (χ4n) is 3.79. The van der Waals surface area contributed by atoms with Crippen molar-refractivity contribution in [2.75, 3.05) is 0 Å². The second-order valence-corrected chi connectivity index (χ2v) is 7.99. The molecule has 1 N–H and O–H groups in total. The van der Waals surface area contributed by atoms with Crippen molar-refractivity contribution in [1.29, 1.82) is 0 Å². The van der Waals surface area contributed by atoms with E-state index in [1.807, 2.05) is 0 Å². The molecule has 0 atom stereocenters. The van der Waals surface area contributed by atoms with Crippen LogP contribution in [0.25, 0.3) is 33.7 Å². The summed E-state index contributed by atoms with van der Waals surface area (Å²) < 4.78 is 91.1. The number of fused-ring (bicyclic) bond motifs is 1. The highest BCUT2D eigenvalue weighted by Crippen LogP contribution is 2.40. The molecule has 5 aromatic rings. The summed E-state index contributed by atoms with van der Waals surface area (Å²) in [6.07, 6.45) is -6.85. The van der Waals surface area contributed by atoms with Crippen molar-refractivity contribution in [3.05, 3.63) is 65.0 Å².